The maximum absolute atomic E-state index is 11.4. The molecule has 1 unspecified atom stereocenters. The number of hydrogen-bond donors (Lipinski definition) is 2. The minimum absolute atomic E-state index is 0.320. The number of alkyl carbamates (subject to hydrolysis) is 1. The van der Waals surface area contributed by atoms with Gasteiger partial charge >= 0.3 is 6.09 Å². The molecular formula is C21H28N2O4S. The van der Waals surface area contributed by atoms with Gasteiger partial charge in [0.05, 0.1) is 6.54 Å². The Morgan fingerprint density at radius 3 is 2.39 bits per heavy atom. The fourth-order valence-corrected chi connectivity index (χ4v) is 4.96. The van der Waals surface area contributed by atoms with E-state index in [2.05, 4.69) is 17.1 Å². The number of nitrogens with one attached hydrogen (secondary N) is 1. The summed E-state index contributed by atoms with van der Waals surface area (Å²) in [4.78, 5) is 14.5. The Labute approximate surface area is 171 Å². The molecule has 1 amide bonds. The summed E-state index contributed by atoms with van der Waals surface area (Å²) < 4.78 is 12.0. The van der Waals surface area contributed by atoms with E-state index in [1.165, 1.54) is 0 Å². The Kier molecular flexibility index (Phi) is 4.49. The largest absolute Gasteiger partial charge is 0.507 e. The number of phenolic OH excluding ortho intramolecular Hbond substituents is 1. The van der Waals surface area contributed by atoms with Crippen LogP contribution in [0.2, 0.25) is 0 Å². The monoisotopic (exact) mass is 404 g/mol. The second-order valence-electron chi connectivity index (χ2n) is 8.58. The van der Waals surface area contributed by atoms with Gasteiger partial charge in [0.25, 0.3) is 0 Å². The molecule has 2 saturated heterocycles. The zero-order valence-corrected chi connectivity index (χ0v) is 17.8. The molecule has 28 heavy (non-hydrogen) atoms. The van der Waals surface area contributed by atoms with Crippen LogP contribution in [0.3, 0.4) is 0 Å². The van der Waals surface area contributed by atoms with E-state index in [-0.39, 0.29) is 11.7 Å². The molecule has 152 valence electrons. The topological polar surface area (TPSA) is 71.0 Å². The van der Waals surface area contributed by atoms with Crippen molar-refractivity contribution in [3.8, 4) is 11.5 Å². The molecule has 1 atom stereocenters. The summed E-state index contributed by atoms with van der Waals surface area (Å²) in [7, 11) is 0. The highest BCUT2D eigenvalue weighted by Crippen LogP contribution is 2.44. The van der Waals surface area contributed by atoms with Crippen molar-refractivity contribution in [2.24, 2.45) is 0 Å². The molecule has 2 N–H and O–H groups in total. The molecule has 1 aromatic carbocycles. The molecule has 0 aliphatic carbocycles. The number of aromatic hydroxyl groups is 1. The Morgan fingerprint density at radius 1 is 1.11 bits per heavy atom. The summed E-state index contributed by atoms with van der Waals surface area (Å²) in [5, 5.41) is 13.1. The predicted molar refractivity (Wildman–Crippen MR) is 110 cm³/mol. The average Bonchev–Trinajstić information content (AvgIpc) is 3.04. The summed E-state index contributed by atoms with van der Waals surface area (Å²) >= 11 is 5.89. The van der Waals surface area contributed by atoms with Crippen LogP contribution in [0, 0.1) is 20.8 Å². The molecule has 0 aromatic heterocycles. The molecule has 3 aliphatic heterocycles. The fraction of sp³-hybridized carbons (Fsp3) is 0.619. The summed E-state index contributed by atoms with van der Waals surface area (Å²) in [5.74, 6) is 1.23. The highest BCUT2D eigenvalue weighted by Gasteiger charge is 2.46. The summed E-state index contributed by atoms with van der Waals surface area (Å²) in [6.07, 6.45) is 2.82. The number of thiocarbonyl (C=S) groups is 1. The molecule has 4 rings (SSSR count). The molecule has 1 spiro atoms. The Balaban J connectivity index is 1.53. The third kappa shape index (κ3) is 2.91. The third-order valence-electron chi connectivity index (χ3n) is 6.80. The summed E-state index contributed by atoms with van der Waals surface area (Å²) in [6, 6.07) is 0. The number of carbonyl (C=O) groups is 1. The second kappa shape index (κ2) is 6.51. The number of fused-ring (bicyclic) bond motifs is 1. The van der Waals surface area contributed by atoms with E-state index in [0.717, 1.165) is 71.8 Å². The molecule has 0 radical (unpaired) electrons. The lowest BCUT2D eigenvalue weighted by molar-refractivity contribution is 0.0110. The van der Waals surface area contributed by atoms with Gasteiger partial charge in [0.2, 0.25) is 0 Å². The number of carbonyl (C=O) groups excluding carboxylic acids is 1. The molecule has 1 aromatic rings. The lowest BCUT2D eigenvalue weighted by Crippen LogP contribution is -2.56. The Bertz CT molecular complexity index is 861. The average molecular weight is 405 g/mol. The van der Waals surface area contributed by atoms with Crippen LogP contribution < -0.4 is 10.1 Å². The maximum atomic E-state index is 11.4. The molecule has 2 fully saturated rings. The van der Waals surface area contributed by atoms with Gasteiger partial charge in [-0.05, 0) is 57.2 Å². The van der Waals surface area contributed by atoms with Crippen LogP contribution in [0.25, 0.3) is 0 Å². The first-order chi connectivity index (χ1) is 13.2. The van der Waals surface area contributed by atoms with Gasteiger partial charge in [-0.25, -0.2) is 4.79 Å². The van der Waals surface area contributed by atoms with Crippen molar-refractivity contribution in [2.75, 3.05) is 19.6 Å². The molecule has 3 heterocycles. The standard InChI is InChI=1S/C21H28N2O4S/c1-12-13(2)17-15(14(3)16(12)24)5-6-20(4,26-17)18(28)23-9-7-21(8-10-23)11-22-19(25)27-21/h24H,5-11H2,1-4H3,(H,22,25). The zero-order valence-electron chi connectivity index (χ0n) is 17.0. The molecule has 3 aliphatic rings. The molecule has 6 nitrogen and oxygen atoms in total. The zero-order chi connectivity index (χ0) is 20.3. The maximum Gasteiger partial charge on any atom is 0.407 e. The van der Waals surface area contributed by atoms with Gasteiger partial charge in [0.1, 0.15) is 22.1 Å². The smallest absolute Gasteiger partial charge is 0.407 e. The highest BCUT2D eigenvalue weighted by atomic mass is 32.1. The number of likely N-dealkylation sites (tertiary alicyclic amines) is 1. The van der Waals surface area contributed by atoms with E-state index in [1.54, 1.807) is 0 Å². The number of benzene rings is 1. The van der Waals surface area contributed by atoms with Crippen molar-refractivity contribution in [3.05, 3.63) is 22.3 Å². The quantitative estimate of drug-likeness (QED) is 0.700. The predicted octanol–water partition coefficient (Wildman–Crippen LogP) is 3.30. The molecule has 0 saturated carbocycles. The van der Waals surface area contributed by atoms with Crippen molar-refractivity contribution < 1.29 is 19.4 Å². The van der Waals surface area contributed by atoms with E-state index in [0.29, 0.717) is 12.3 Å². The number of amides is 1. The lowest BCUT2D eigenvalue weighted by atomic mass is 9.85. The fourth-order valence-electron chi connectivity index (χ4n) is 4.63. The lowest BCUT2D eigenvalue weighted by Gasteiger charge is -2.45. The van der Waals surface area contributed by atoms with Crippen molar-refractivity contribution in [1.29, 1.82) is 0 Å². The van der Waals surface area contributed by atoms with Crippen LogP contribution in [0.15, 0.2) is 0 Å². The summed E-state index contributed by atoms with van der Waals surface area (Å²) in [6.45, 7) is 10.0. The van der Waals surface area contributed by atoms with E-state index in [4.69, 9.17) is 21.7 Å². The summed E-state index contributed by atoms with van der Waals surface area (Å²) in [5.41, 5.74) is 2.89. The van der Waals surface area contributed by atoms with Gasteiger partial charge in [0, 0.05) is 31.5 Å². The third-order valence-corrected chi connectivity index (χ3v) is 7.49. The number of nitrogens with zero attached hydrogens (tertiary/aromatic N) is 1. The van der Waals surface area contributed by atoms with Crippen LogP contribution in [-0.4, -0.2) is 51.9 Å². The Hall–Kier alpha value is -2.02. The minimum Gasteiger partial charge on any atom is -0.507 e. The van der Waals surface area contributed by atoms with Gasteiger partial charge < -0.3 is 24.8 Å². The van der Waals surface area contributed by atoms with Gasteiger partial charge in [0.15, 0.2) is 5.60 Å². The number of phenols is 1. The van der Waals surface area contributed by atoms with E-state index in [9.17, 15) is 9.90 Å². The van der Waals surface area contributed by atoms with Crippen LogP contribution in [-0.2, 0) is 11.2 Å². The van der Waals surface area contributed by atoms with Crippen molar-refractivity contribution in [1.82, 2.24) is 10.2 Å². The van der Waals surface area contributed by atoms with Gasteiger partial charge in [-0.15, -0.1) is 0 Å². The highest BCUT2D eigenvalue weighted by molar-refractivity contribution is 7.80. The van der Waals surface area contributed by atoms with Gasteiger partial charge in [-0.3, -0.25) is 0 Å². The molecular weight excluding hydrogens is 376 g/mol. The first-order valence-corrected chi connectivity index (χ1v) is 10.3. The SMILES string of the molecule is Cc1c(C)c2c(c(C)c1O)CCC(C)(C(=S)N1CCC3(CC1)CNC(=O)O3)O2. The molecule has 7 heteroatoms. The van der Waals surface area contributed by atoms with E-state index < -0.39 is 5.60 Å². The van der Waals surface area contributed by atoms with Crippen LogP contribution >= 0.6 is 12.2 Å². The number of rotatable bonds is 1. The van der Waals surface area contributed by atoms with E-state index in [1.807, 2.05) is 20.8 Å². The van der Waals surface area contributed by atoms with Gasteiger partial charge in [-0.1, -0.05) is 12.2 Å². The molecule has 0 bridgehead atoms. The number of hydrogen-bond acceptors (Lipinski definition) is 5. The number of ether oxygens (including phenoxy) is 2. The second-order valence-corrected chi connectivity index (χ2v) is 8.97. The van der Waals surface area contributed by atoms with Crippen molar-refractivity contribution in [2.45, 2.75) is 64.6 Å². The van der Waals surface area contributed by atoms with Gasteiger partial charge in [-0.2, -0.15) is 0 Å². The van der Waals surface area contributed by atoms with Crippen LogP contribution in [0.4, 0.5) is 4.79 Å². The first kappa shape index (κ1) is 19.3. The number of piperidine rings is 1. The Morgan fingerprint density at radius 2 is 1.79 bits per heavy atom. The minimum atomic E-state index is -0.557. The first-order valence-electron chi connectivity index (χ1n) is 9.93. The van der Waals surface area contributed by atoms with E-state index >= 15 is 0 Å². The van der Waals surface area contributed by atoms with Crippen LogP contribution in [0.1, 0.15) is 48.4 Å². The van der Waals surface area contributed by atoms with Crippen molar-refractivity contribution >= 4 is 23.3 Å². The van der Waals surface area contributed by atoms with Crippen LogP contribution in [0.5, 0.6) is 11.5 Å². The normalized spacial score (nSPS) is 25.7. The van der Waals surface area contributed by atoms with Crippen molar-refractivity contribution in [3.63, 3.8) is 0 Å².